The highest BCUT2D eigenvalue weighted by atomic mass is 35.5. The van der Waals surface area contributed by atoms with E-state index in [0.717, 1.165) is 31.0 Å². The van der Waals surface area contributed by atoms with Crippen molar-refractivity contribution in [3.63, 3.8) is 0 Å². The van der Waals surface area contributed by atoms with Crippen LogP contribution in [0.25, 0.3) is 0 Å². The average Bonchev–Trinajstić information content (AvgIpc) is 3.32. The molecular weight excluding hydrogens is 457 g/mol. The normalized spacial score (nSPS) is 21.8. The van der Waals surface area contributed by atoms with Crippen LogP contribution in [-0.2, 0) is 6.42 Å². The lowest BCUT2D eigenvalue weighted by atomic mass is 9.82. The number of hydrogen-bond acceptors (Lipinski definition) is 6. The van der Waals surface area contributed by atoms with Gasteiger partial charge in [0, 0.05) is 43.5 Å². The van der Waals surface area contributed by atoms with E-state index in [1.165, 1.54) is 25.0 Å². The summed E-state index contributed by atoms with van der Waals surface area (Å²) in [4.78, 5) is 11.4. The van der Waals surface area contributed by atoms with Crippen molar-refractivity contribution in [2.75, 3.05) is 25.1 Å². The lowest BCUT2D eigenvalue weighted by Gasteiger charge is -2.39. The van der Waals surface area contributed by atoms with Crippen LogP contribution >= 0.6 is 11.6 Å². The van der Waals surface area contributed by atoms with Crippen molar-refractivity contribution < 1.29 is 13.9 Å². The minimum atomic E-state index is -0.480. The Hall–Kier alpha value is -2.87. The molecule has 0 spiro atoms. The number of hydrogen-bond donors (Lipinski definition) is 0. The number of halogens is 2. The van der Waals surface area contributed by atoms with Crippen molar-refractivity contribution in [3.8, 4) is 17.6 Å². The van der Waals surface area contributed by atoms with Crippen molar-refractivity contribution in [1.29, 1.82) is 0 Å². The molecule has 3 heterocycles. The maximum absolute atomic E-state index is 13.5. The average molecular weight is 486 g/mol. The first-order valence-electron chi connectivity index (χ1n) is 11.7. The molecule has 0 N–H and O–H groups in total. The summed E-state index contributed by atoms with van der Waals surface area (Å²) in [6.07, 6.45) is 5.07. The molecule has 1 unspecified atom stereocenters. The summed E-state index contributed by atoms with van der Waals surface area (Å²) >= 11 is 5.92. The molecule has 1 aliphatic heterocycles. The number of aromatic nitrogens is 4. The highest BCUT2D eigenvalue weighted by Gasteiger charge is 2.42. The summed E-state index contributed by atoms with van der Waals surface area (Å²) in [5.41, 5.74) is 1.16. The minimum Gasteiger partial charge on any atom is -0.481 e. The second kappa shape index (κ2) is 9.41. The number of ether oxygens (including phenoxy) is 2. The van der Waals surface area contributed by atoms with Crippen LogP contribution in [0.15, 0.2) is 36.5 Å². The predicted octanol–water partition coefficient (Wildman–Crippen LogP) is 5.55. The van der Waals surface area contributed by atoms with Gasteiger partial charge < -0.3 is 14.4 Å². The molecule has 2 fully saturated rings. The Morgan fingerprint density at radius 3 is 2.59 bits per heavy atom. The molecule has 0 radical (unpaired) electrons. The highest BCUT2D eigenvalue weighted by Crippen LogP contribution is 2.45. The van der Waals surface area contributed by atoms with Crippen LogP contribution in [0, 0.1) is 23.6 Å². The van der Waals surface area contributed by atoms with Crippen LogP contribution in [0.5, 0.6) is 17.6 Å². The van der Waals surface area contributed by atoms with Gasteiger partial charge in [0.1, 0.15) is 11.6 Å². The van der Waals surface area contributed by atoms with Gasteiger partial charge in [0.25, 0.3) is 0 Å². The Bertz CT molecular complexity index is 1160. The van der Waals surface area contributed by atoms with Crippen molar-refractivity contribution >= 4 is 17.3 Å². The topological polar surface area (TPSA) is 65.3 Å². The number of nitrogens with zero attached hydrogens (tertiary/aromatic N) is 5. The quantitative estimate of drug-likeness (QED) is 0.437. The van der Waals surface area contributed by atoms with Gasteiger partial charge in [0.15, 0.2) is 5.82 Å². The van der Waals surface area contributed by atoms with Crippen LogP contribution < -0.4 is 14.4 Å². The van der Waals surface area contributed by atoms with Crippen molar-refractivity contribution in [1.82, 2.24) is 19.7 Å². The molecule has 1 saturated carbocycles. The largest absolute Gasteiger partial charge is 0.481 e. The van der Waals surface area contributed by atoms with E-state index in [4.69, 9.17) is 31.2 Å². The van der Waals surface area contributed by atoms with E-state index >= 15 is 0 Å². The summed E-state index contributed by atoms with van der Waals surface area (Å²) in [6.45, 7) is 6.09. The van der Waals surface area contributed by atoms with Gasteiger partial charge in [-0.15, -0.1) is 0 Å². The monoisotopic (exact) mass is 485 g/mol. The van der Waals surface area contributed by atoms with E-state index in [-0.39, 0.29) is 11.1 Å². The zero-order valence-electron chi connectivity index (χ0n) is 19.6. The molecule has 2 aliphatic rings. The van der Waals surface area contributed by atoms with Crippen LogP contribution in [0.4, 0.5) is 10.1 Å². The Morgan fingerprint density at radius 1 is 1.15 bits per heavy atom. The summed E-state index contributed by atoms with van der Waals surface area (Å²) in [6, 6.07) is 8.84. The van der Waals surface area contributed by atoms with E-state index in [1.807, 2.05) is 19.9 Å². The second-order valence-electron chi connectivity index (χ2n) is 9.45. The maximum atomic E-state index is 13.5. The summed E-state index contributed by atoms with van der Waals surface area (Å²) in [7, 11) is 1.65. The molecule has 1 aromatic carbocycles. The number of fused-ring (bicyclic) bond motifs is 2. The van der Waals surface area contributed by atoms with Gasteiger partial charge in [-0.1, -0.05) is 11.6 Å². The molecule has 2 bridgehead atoms. The fourth-order valence-corrected chi connectivity index (χ4v) is 5.46. The van der Waals surface area contributed by atoms with Crippen molar-refractivity contribution in [2.24, 2.45) is 17.8 Å². The highest BCUT2D eigenvalue weighted by molar-refractivity contribution is 6.30. The maximum Gasteiger partial charge on any atom is 0.320 e. The predicted molar refractivity (Wildman–Crippen MR) is 128 cm³/mol. The van der Waals surface area contributed by atoms with Crippen molar-refractivity contribution in [2.45, 2.75) is 39.2 Å². The SMILES string of the molecule is COc1cc(N2C[C@H]3CC[C@@H](C2)C3Cc2nc(Oc3ccc(F)c(Cl)c3)n(C(C)C)n2)ccn1. The lowest BCUT2D eigenvalue weighted by molar-refractivity contribution is 0.265. The van der Waals surface area contributed by atoms with Crippen LogP contribution in [0.3, 0.4) is 0 Å². The minimum absolute atomic E-state index is 0.0171. The molecule has 3 aromatic rings. The number of rotatable bonds is 7. The van der Waals surface area contributed by atoms with Crippen LogP contribution in [-0.4, -0.2) is 39.9 Å². The molecule has 9 heteroatoms. The Kier molecular flexibility index (Phi) is 6.34. The number of methoxy groups -OCH3 is 1. The number of anilines is 1. The molecule has 5 rings (SSSR count). The van der Waals surface area contributed by atoms with E-state index in [0.29, 0.717) is 35.4 Å². The Labute approximate surface area is 203 Å². The van der Waals surface area contributed by atoms with Gasteiger partial charge in [-0.3, -0.25) is 0 Å². The zero-order chi connectivity index (χ0) is 23.8. The third-order valence-electron chi connectivity index (χ3n) is 6.97. The molecular formula is C25H29ClFN5O2. The third kappa shape index (κ3) is 4.56. The van der Waals surface area contributed by atoms with Gasteiger partial charge >= 0.3 is 6.01 Å². The summed E-state index contributed by atoms with van der Waals surface area (Å²) in [5.74, 6) is 3.10. The molecule has 180 valence electrons. The van der Waals surface area contributed by atoms with Gasteiger partial charge in [-0.05, 0) is 62.6 Å². The van der Waals surface area contributed by atoms with Gasteiger partial charge in [0.05, 0.1) is 18.2 Å². The van der Waals surface area contributed by atoms with Gasteiger partial charge in [-0.25, -0.2) is 14.1 Å². The Morgan fingerprint density at radius 2 is 1.91 bits per heavy atom. The number of piperidine rings is 1. The summed E-state index contributed by atoms with van der Waals surface area (Å²) in [5, 5.41) is 4.79. The molecule has 0 amide bonds. The van der Waals surface area contributed by atoms with Crippen LogP contribution in [0.1, 0.15) is 38.6 Å². The van der Waals surface area contributed by atoms with Crippen molar-refractivity contribution in [3.05, 3.63) is 53.2 Å². The Balaban J connectivity index is 1.32. The zero-order valence-corrected chi connectivity index (χ0v) is 20.4. The summed E-state index contributed by atoms with van der Waals surface area (Å²) < 4.78 is 26.6. The smallest absolute Gasteiger partial charge is 0.320 e. The first-order chi connectivity index (χ1) is 16.4. The standard InChI is InChI=1S/C25H29ClFN5O2/c1-15(2)32-25(34-19-6-7-22(27)21(26)11-19)29-23(30-32)12-20-16-4-5-17(20)14-31(13-16)18-8-9-28-24(10-18)33-3/h6-11,15-17,20H,4-5,12-14H2,1-3H3/t16-,17+,20?. The second-order valence-corrected chi connectivity index (χ2v) is 9.86. The lowest BCUT2D eigenvalue weighted by Crippen LogP contribution is -2.42. The molecule has 3 atom stereocenters. The van der Waals surface area contributed by atoms with Gasteiger partial charge in [-0.2, -0.15) is 10.1 Å². The van der Waals surface area contributed by atoms with E-state index in [2.05, 4.69) is 16.0 Å². The van der Waals surface area contributed by atoms with E-state index in [1.54, 1.807) is 24.1 Å². The fraction of sp³-hybridized carbons (Fsp3) is 0.480. The molecule has 1 saturated heterocycles. The van der Waals surface area contributed by atoms with Crippen LogP contribution in [0.2, 0.25) is 5.02 Å². The first-order valence-corrected chi connectivity index (χ1v) is 12.1. The molecule has 2 aromatic heterocycles. The molecule has 34 heavy (non-hydrogen) atoms. The first kappa shape index (κ1) is 22.9. The molecule has 7 nitrogen and oxygen atoms in total. The van der Waals surface area contributed by atoms with E-state index < -0.39 is 5.82 Å². The number of pyridine rings is 1. The van der Waals surface area contributed by atoms with Gasteiger partial charge in [0.2, 0.25) is 5.88 Å². The van der Waals surface area contributed by atoms with E-state index in [9.17, 15) is 4.39 Å². The molecule has 1 aliphatic carbocycles. The third-order valence-corrected chi connectivity index (χ3v) is 7.26. The number of benzene rings is 1. The fourth-order valence-electron chi connectivity index (χ4n) is 5.29.